The quantitative estimate of drug-likeness (QED) is 0.180. The largest absolute Gasteiger partial charge is 0.389 e. The van der Waals surface area contributed by atoms with Crippen LogP contribution in [0, 0.1) is 0 Å². The third-order valence-electron chi connectivity index (χ3n) is 6.54. The second kappa shape index (κ2) is 10.4. The topological polar surface area (TPSA) is 268 Å². The first-order valence-corrected chi connectivity index (χ1v) is 10.7. The zero-order valence-electron chi connectivity index (χ0n) is 17.8. The molecule has 0 aromatic carbocycles. The van der Waals surface area contributed by atoms with E-state index in [4.69, 9.17) is 47.6 Å². The molecule has 2 aliphatic heterocycles. The van der Waals surface area contributed by atoms with Crippen molar-refractivity contribution < 1.29 is 44.5 Å². The van der Waals surface area contributed by atoms with Gasteiger partial charge in [0, 0.05) is 18.6 Å². The van der Waals surface area contributed by atoms with Gasteiger partial charge >= 0.3 is 0 Å². The zero-order valence-corrected chi connectivity index (χ0v) is 17.8. The average molecular weight is 468 g/mol. The van der Waals surface area contributed by atoms with Crippen molar-refractivity contribution in [2.24, 2.45) is 28.7 Å². The first kappa shape index (κ1) is 26.1. The summed E-state index contributed by atoms with van der Waals surface area (Å²) in [5.41, 5.74) is 29.6. The Labute approximate surface area is 185 Å². The van der Waals surface area contributed by atoms with Gasteiger partial charge in [-0.05, 0) is 13.3 Å². The smallest absolute Gasteiger partial charge is 0.187 e. The lowest BCUT2D eigenvalue weighted by Crippen LogP contribution is -2.69. The molecule has 3 rings (SSSR count). The van der Waals surface area contributed by atoms with E-state index in [1.807, 2.05) is 0 Å². The molecule has 1 aliphatic carbocycles. The summed E-state index contributed by atoms with van der Waals surface area (Å²) in [5.74, 6) is 0. The molecular weight excluding hydrogens is 430 g/mol. The van der Waals surface area contributed by atoms with Crippen molar-refractivity contribution in [1.29, 1.82) is 0 Å². The lowest BCUT2D eigenvalue weighted by molar-refractivity contribution is -0.328. The number of hydrogen-bond acceptors (Lipinski definition) is 14. The minimum absolute atomic E-state index is 0.104. The first-order chi connectivity index (χ1) is 15.0. The van der Waals surface area contributed by atoms with Crippen LogP contribution >= 0.6 is 0 Å². The van der Waals surface area contributed by atoms with E-state index in [0.717, 1.165) is 0 Å². The van der Waals surface area contributed by atoms with Crippen molar-refractivity contribution in [2.45, 2.75) is 105 Å². The van der Waals surface area contributed by atoms with Crippen molar-refractivity contribution in [3.8, 4) is 0 Å². The van der Waals surface area contributed by atoms with Crippen LogP contribution in [-0.2, 0) is 18.9 Å². The molecule has 15 atom stereocenters. The summed E-state index contributed by atoms with van der Waals surface area (Å²) in [5, 5.41) is 51.6. The highest BCUT2D eigenvalue weighted by Crippen LogP contribution is 2.31. The molecule has 2 saturated heterocycles. The van der Waals surface area contributed by atoms with E-state index in [9.17, 15) is 25.5 Å². The van der Waals surface area contributed by atoms with Crippen LogP contribution in [0.25, 0.3) is 0 Å². The Kier molecular flexibility index (Phi) is 8.44. The van der Waals surface area contributed by atoms with Gasteiger partial charge in [0.2, 0.25) is 0 Å². The summed E-state index contributed by atoms with van der Waals surface area (Å²) in [6.07, 6.45) is -13.1. The minimum atomic E-state index is -1.50. The van der Waals surface area contributed by atoms with Crippen LogP contribution in [-0.4, -0.2) is 124 Å². The standard InChI is InChI=1S/C18H37N5O9/c1-4-8(22)12(26)14(28)18(29-4)32-16-10(24)5(20)2-6(21)15(16)31-17-9(23)13(27)11(25)7(3-19)30-17/h4-18,24-28H,2-3,19-23H2,1H3/t4?,5?,6?,7?,8-,9?,10-,11-,12+,13-,14?,15?,16-,17-,18+/m1/s1. The summed E-state index contributed by atoms with van der Waals surface area (Å²) < 4.78 is 22.9. The number of aliphatic hydroxyl groups excluding tert-OH is 5. The van der Waals surface area contributed by atoms with E-state index in [1.54, 1.807) is 6.92 Å². The first-order valence-electron chi connectivity index (χ1n) is 10.7. The van der Waals surface area contributed by atoms with Gasteiger partial charge in [0.1, 0.15) is 42.7 Å². The van der Waals surface area contributed by atoms with E-state index in [2.05, 4.69) is 0 Å². The minimum Gasteiger partial charge on any atom is -0.389 e. The number of ether oxygens (including phenoxy) is 4. The van der Waals surface area contributed by atoms with E-state index in [0.29, 0.717) is 0 Å². The highest BCUT2D eigenvalue weighted by Gasteiger charge is 2.51. The van der Waals surface area contributed by atoms with E-state index >= 15 is 0 Å². The Morgan fingerprint density at radius 3 is 1.94 bits per heavy atom. The average Bonchev–Trinajstić information content (AvgIpc) is 2.76. The zero-order chi connectivity index (χ0) is 23.9. The van der Waals surface area contributed by atoms with Crippen molar-refractivity contribution in [3.63, 3.8) is 0 Å². The Balaban J connectivity index is 1.79. The number of rotatable bonds is 5. The monoisotopic (exact) mass is 467 g/mol. The van der Waals surface area contributed by atoms with Crippen molar-refractivity contribution in [3.05, 3.63) is 0 Å². The number of hydrogen-bond donors (Lipinski definition) is 10. The summed E-state index contributed by atoms with van der Waals surface area (Å²) in [6, 6.07) is -3.51. The molecule has 14 nitrogen and oxygen atoms in total. The fraction of sp³-hybridized carbons (Fsp3) is 1.00. The molecule has 0 aromatic heterocycles. The molecule has 0 radical (unpaired) electrons. The Morgan fingerprint density at radius 2 is 1.31 bits per heavy atom. The molecule has 2 heterocycles. The molecule has 7 unspecified atom stereocenters. The molecule has 0 spiro atoms. The maximum atomic E-state index is 10.7. The predicted molar refractivity (Wildman–Crippen MR) is 108 cm³/mol. The molecule has 3 fully saturated rings. The normalized spacial score (nSPS) is 55.0. The molecule has 0 amide bonds. The maximum absolute atomic E-state index is 10.7. The van der Waals surface area contributed by atoms with Gasteiger partial charge < -0.3 is 73.1 Å². The molecule has 3 aliphatic rings. The molecule has 0 bridgehead atoms. The van der Waals surface area contributed by atoms with Crippen LogP contribution in [0.15, 0.2) is 0 Å². The Morgan fingerprint density at radius 1 is 0.719 bits per heavy atom. The third-order valence-corrected chi connectivity index (χ3v) is 6.54. The van der Waals surface area contributed by atoms with Crippen LogP contribution in [0.4, 0.5) is 0 Å². The highest BCUT2D eigenvalue weighted by atomic mass is 16.7. The SMILES string of the molecule is CC1O[C@@H](O[C@H]2C(O[C@H]3OC(CN)[C@@H](O)[C@H](O)C3N)C(N)CC(N)[C@H]2O)C(O)[C@@H](O)[C@@H]1N. The fourth-order valence-corrected chi connectivity index (χ4v) is 4.35. The van der Waals surface area contributed by atoms with Crippen molar-refractivity contribution >= 4 is 0 Å². The van der Waals surface area contributed by atoms with Crippen molar-refractivity contribution in [1.82, 2.24) is 0 Å². The second-order valence-corrected chi connectivity index (χ2v) is 8.86. The number of nitrogens with two attached hydrogens (primary N) is 5. The van der Waals surface area contributed by atoms with Crippen LogP contribution in [0.3, 0.4) is 0 Å². The molecule has 0 aromatic rings. The van der Waals surface area contributed by atoms with Crippen LogP contribution < -0.4 is 28.7 Å². The Bertz CT molecular complexity index is 621. The number of aliphatic hydroxyl groups is 5. The molecule has 15 N–H and O–H groups in total. The summed E-state index contributed by atoms with van der Waals surface area (Å²) in [7, 11) is 0. The highest BCUT2D eigenvalue weighted by molar-refractivity contribution is 5.01. The molecule has 188 valence electrons. The lowest BCUT2D eigenvalue weighted by atomic mass is 9.84. The van der Waals surface area contributed by atoms with Crippen LogP contribution in [0.1, 0.15) is 13.3 Å². The maximum Gasteiger partial charge on any atom is 0.187 e. The molecule has 32 heavy (non-hydrogen) atoms. The van der Waals surface area contributed by atoms with Gasteiger partial charge in [-0.15, -0.1) is 0 Å². The van der Waals surface area contributed by atoms with Gasteiger partial charge in [-0.2, -0.15) is 0 Å². The van der Waals surface area contributed by atoms with Crippen molar-refractivity contribution in [2.75, 3.05) is 6.54 Å². The van der Waals surface area contributed by atoms with Gasteiger partial charge in [0.25, 0.3) is 0 Å². The van der Waals surface area contributed by atoms with Gasteiger partial charge in [0.05, 0.1) is 24.3 Å². The molecule has 14 heteroatoms. The van der Waals surface area contributed by atoms with Gasteiger partial charge in [-0.25, -0.2) is 0 Å². The van der Waals surface area contributed by atoms with Gasteiger partial charge in [-0.1, -0.05) is 0 Å². The summed E-state index contributed by atoms with van der Waals surface area (Å²) in [6.45, 7) is 1.50. The van der Waals surface area contributed by atoms with Gasteiger partial charge in [-0.3, -0.25) is 0 Å². The van der Waals surface area contributed by atoms with Gasteiger partial charge in [0.15, 0.2) is 12.6 Å². The summed E-state index contributed by atoms with van der Waals surface area (Å²) >= 11 is 0. The predicted octanol–water partition coefficient (Wildman–Crippen LogP) is -6.30. The van der Waals surface area contributed by atoms with E-state index in [1.165, 1.54) is 0 Å². The lowest BCUT2D eigenvalue weighted by Gasteiger charge is -2.48. The second-order valence-electron chi connectivity index (χ2n) is 8.86. The van der Waals surface area contributed by atoms with Crippen LogP contribution in [0.5, 0.6) is 0 Å². The third kappa shape index (κ3) is 4.94. The molecule has 1 saturated carbocycles. The van der Waals surface area contributed by atoms with E-state index < -0.39 is 91.7 Å². The Hall–Kier alpha value is -0.560. The van der Waals surface area contributed by atoms with E-state index in [-0.39, 0.29) is 13.0 Å². The summed E-state index contributed by atoms with van der Waals surface area (Å²) in [4.78, 5) is 0. The molecular formula is C18H37N5O9. The fourth-order valence-electron chi connectivity index (χ4n) is 4.35. The van der Waals surface area contributed by atoms with Crippen LogP contribution in [0.2, 0.25) is 0 Å².